The van der Waals surface area contributed by atoms with Crippen LogP contribution in [0.4, 0.5) is 5.82 Å². The lowest BCUT2D eigenvalue weighted by Crippen LogP contribution is -2.56. The largest absolute Gasteiger partial charge is 0.461 e. The second-order valence-electron chi connectivity index (χ2n) is 10.7. The molecule has 1 amide bonds. The summed E-state index contributed by atoms with van der Waals surface area (Å²) in [7, 11) is 2.08. The lowest BCUT2D eigenvalue weighted by Gasteiger charge is -2.39. The van der Waals surface area contributed by atoms with Crippen LogP contribution in [0.2, 0.25) is 0 Å². The fourth-order valence-electron chi connectivity index (χ4n) is 5.91. The molecule has 2 aromatic carbocycles. The first-order valence-electron chi connectivity index (χ1n) is 14.1. The van der Waals surface area contributed by atoms with E-state index in [1.54, 1.807) is 4.90 Å². The van der Waals surface area contributed by atoms with Crippen LogP contribution in [-0.2, 0) is 4.79 Å². The van der Waals surface area contributed by atoms with Gasteiger partial charge in [-0.15, -0.1) is 5.10 Å². The summed E-state index contributed by atoms with van der Waals surface area (Å²) in [5.41, 5.74) is 1.26. The number of carbonyl (C=O) groups is 2. The van der Waals surface area contributed by atoms with Crippen LogP contribution >= 0.6 is 0 Å². The van der Waals surface area contributed by atoms with Gasteiger partial charge in [0.05, 0.1) is 6.20 Å². The summed E-state index contributed by atoms with van der Waals surface area (Å²) in [6.45, 7) is 13.9. The van der Waals surface area contributed by atoms with Crippen molar-refractivity contribution in [1.82, 2.24) is 29.4 Å². The maximum atomic E-state index is 14.0. The van der Waals surface area contributed by atoms with Crippen molar-refractivity contribution in [2.45, 2.75) is 24.9 Å². The topological polar surface area (TPSA) is 101 Å². The summed E-state index contributed by atoms with van der Waals surface area (Å²) in [5, 5.41) is 6.46. The van der Waals surface area contributed by atoms with Crippen molar-refractivity contribution in [2.24, 2.45) is 0 Å². The maximum Gasteiger partial charge on any atom is 0.336 e. The van der Waals surface area contributed by atoms with Gasteiger partial charge in [-0.1, -0.05) is 49.0 Å². The summed E-state index contributed by atoms with van der Waals surface area (Å²) in [5.74, 6) is 0.0831. The zero-order valence-electron chi connectivity index (χ0n) is 23.5. The lowest BCUT2D eigenvalue weighted by molar-refractivity contribution is -0.128. The quantitative estimate of drug-likeness (QED) is 0.183. The third-order valence-corrected chi connectivity index (χ3v) is 8.21. The average Bonchev–Trinajstić information content (AvgIpc) is 3.64. The Bertz CT molecular complexity index is 1700. The van der Waals surface area contributed by atoms with E-state index in [0.717, 1.165) is 30.2 Å². The molecule has 2 atom stereocenters. The number of likely N-dealkylation sites (tertiary alicyclic amines) is 1. The third-order valence-electron chi connectivity index (χ3n) is 8.21. The van der Waals surface area contributed by atoms with Crippen molar-refractivity contribution in [2.75, 3.05) is 51.3 Å². The number of piperazine rings is 1. The van der Waals surface area contributed by atoms with E-state index >= 15 is 0 Å². The van der Waals surface area contributed by atoms with Crippen molar-refractivity contribution >= 4 is 33.9 Å². The molecule has 2 saturated heterocycles. The fraction of sp³-hybridized carbons (Fsp3) is 0.355. The second kappa shape index (κ2) is 11.6. The minimum atomic E-state index is -0.347. The number of nitrogens with zero attached hydrogens (tertiary/aromatic N) is 8. The number of imidazole rings is 1. The Morgan fingerprint density at radius 1 is 1.14 bits per heavy atom. The number of rotatable bonds is 8. The van der Waals surface area contributed by atoms with Crippen LogP contribution in [0, 0.1) is 6.57 Å². The predicted molar refractivity (Wildman–Crippen MR) is 159 cm³/mol. The minimum absolute atomic E-state index is 0.147. The van der Waals surface area contributed by atoms with Crippen molar-refractivity contribution in [3.05, 3.63) is 84.0 Å². The van der Waals surface area contributed by atoms with E-state index in [-0.39, 0.29) is 36.3 Å². The molecule has 0 unspecified atom stereocenters. The molecule has 214 valence electrons. The molecule has 4 heterocycles. The highest BCUT2D eigenvalue weighted by molar-refractivity contribution is 6.15. The molecule has 0 aliphatic carbocycles. The van der Waals surface area contributed by atoms with Crippen molar-refractivity contribution in [3.63, 3.8) is 0 Å². The second-order valence-corrected chi connectivity index (χ2v) is 10.7. The maximum absolute atomic E-state index is 14.0. The normalized spacial score (nSPS) is 19.2. The molecule has 6 rings (SSSR count). The number of benzene rings is 2. The Kier molecular flexibility index (Phi) is 7.54. The van der Waals surface area contributed by atoms with Gasteiger partial charge in [0, 0.05) is 31.2 Å². The molecule has 2 aliphatic heterocycles. The van der Waals surface area contributed by atoms with Crippen LogP contribution in [0.3, 0.4) is 0 Å². The molecule has 0 N–H and O–H groups in total. The van der Waals surface area contributed by atoms with E-state index in [1.165, 1.54) is 16.8 Å². The van der Waals surface area contributed by atoms with Crippen LogP contribution in [0.5, 0.6) is 6.01 Å². The smallest absolute Gasteiger partial charge is 0.336 e. The van der Waals surface area contributed by atoms with E-state index in [4.69, 9.17) is 16.3 Å². The molecule has 0 spiro atoms. The Labute approximate surface area is 243 Å². The Balaban J connectivity index is 1.41. The van der Waals surface area contributed by atoms with E-state index in [1.807, 2.05) is 47.4 Å². The lowest BCUT2D eigenvalue weighted by atomic mass is 10.0. The molecule has 11 heteroatoms. The Morgan fingerprint density at radius 2 is 1.98 bits per heavy atom. The predicted octanol–water partition coefficient (Wildman–Crippen LogP) is 3.10. The van der Waals surface area contributed by atoms with Crippen molar-refractivity contribution in [1.29, 1.82) is 0 Å². The van der Waals surface area contributed by atoms with Gasteiger partial charge in [0.15, 0.2) is 11.5 Å². The van der Waals surface area contributed by atoms with Gasteiger partial charge in [-0.05, 0) is 43.3 Å². The standard InChI is InChI=1S/C31H32N8O3/c1-4-27(40)38-16-15-37(19-23(38)17-32-2)30-29-33-18-26(28(41)25-13-7-10-21-9-5-6-12-24(21)25)39(29)35-31(34-30)42-20-22-11-8-14-36(22)3/h4-7,9-10,12-13,18,22-23H,1,8,11,14-17,19-20H2,3H3/t22-,23-/m0/s1. The number of ketones is 1. The summed E-state index contributed by atoms with van der Waals surface area (Å²) in [6, 6.07) is 13.5. The van der Waals surface area contributed by atoms with Crippen LogP contribution in [0.15, 0.2) is 61.3 Å². The number of hydrogen-bond acceptors (Lipinski definition) is 8. The number of carbonyl (C=O) groups excluding carboxylic acids is 2. The van der Waals surface area contributed by atoms with E-state index in [0.29, 0.717) is 49.0 Å². The van der Waals surface area contributed by atoms with Crippen molar-refractivity contribution < 1.29 is 14.3 Å². The zero-order chi connectivity index (χ0) is 29.2. The molecule has 4 aromatic rings. The molecular weight excluding hydrogens is 532 g/mol. The number of ether oxygens (including phenoxy) is 1. The van der Waals surface area contributed by atoms with Gasteiger partial charge >= 0.3 is 6.01 Å². The van der Waals surface area contributed by atoms with E-state index < -0.39 is 0 Å². The van der Waals surface area contributed by atoms with E-state index in [2.05, 4.69) is 33.5 Å². The highest BCUT2D eigenvalue weighted by Crippen LogP contribution is 2.27. The Morgan fingerprint density at radius 3 is 2.76 bits per heavy atom. The summed E-state index contributed by atoms with van der Waals surface area (Å²) < 4.78 is 7.67. The first-order valence-corrected chi connectivity index (χ1v) is 14.1. The first-order chi connectivity index (χ1) is 20.5. The molecule has 2 aliphatic rings. The van der Waals surface area contributed by atoms with Gasteiger partial charge in [0.25, 0.3) is 0 Å². The zero-order valence-corrected chi connectivity index (χ0v) is 23.5. The van der Waals surface area contributed by atoms with Crippen LogP contribution in [-0.4, -0.2) is 99.5 Å². The SMILES string of the molecule is [C-]#[N+]C[C@H]1CN(c2nc(OC[C@@H]3CCCN3C)nn3c(C(=O)c4cccc5ccccc45)cnc23)CCN1C(=O)C=C. The number of likely N-dealkylation sites (N-methyl/N-ethyl adjacent to an activating group) is 1. The first kappa shape index (κ1) is 27.4. The van der Waals surface area contributed by atoms with Crippen molar-refractivity contribution in [3.8, 4) is 6.01 Å². The van der Waals surface area contributed by atoms with Crippen LogP contribution in [0.25, 0.3) is 21.3 Å². The van der Waals surface area contributed by atoms with E-state index in [9.17, 15) is 9.59 Å². The van der Waals surface area contributed by atoms with Gasteiger partial charge < -0.3 is 24.3 Å². The number of aromatic nitrogens is 4. The monoisotopic (exact) mass is 564 g/mol. The third kappa shape index (κ3) is 5.05. The summed E-state index contributed by atoms with van der Waals surface area (Å²) in [4.78, 5) is 45.3. The molecule has 42 heavy (non-hydrogen) atoms. The van der Waals surface area contributed by atoms with Gasteiger partial charge in [0.1, 0.15) is 18.3 Å². The highest BCUT2D eigenvalue weighted by atomic mass is 16.5. The summed E-state index contributed by atoms with van der Waals surface area (Å²) >= 11 is 0. The van der Waals surface area contributed by atoms with Gasteiger partial charge in [0.2, 0.25) is 18.2 Å². The number of anilines is 1. The van der Waals surface area contributed by atoms with Gasteiger partial charge in [-0.2, -0.15) is 4.98 Å². The summed E-state index contributed by atoms with van der Waals surface area (Å²) in [6.07, 6.45) is 4.94. The number of hydrogen-bond donors (Lipinski definition) is 0. The highest BCUT2D eigenvalue weighted by Gasteiger charge is 2.34. The molecule has 2 aromatic heterocycles. The van der Waals surface area contributed by atoms with Crippen LogP contribution < -0.4 is 9.64 Å². The molecule has 0 radical (unpaired) electrons. The molecule has 0 saturated carbocycles. The minimum Gasteiger partial charge on any atom is -0.461 e. The molecular formula is C31H32N8O3. The molecule has 11 nitrogen and oxygen atoms in total. The fourth-order valence-corrected chi connectivity index (χ4v) is 5.91. The average molecular weight is 565 g/mol. The molecule has 2 fully saturated rings. The number of fused-ring (bicyclic) bond motifs is 2. The number of amides is 1. The molecule has 0 bridgehead atoms. The van der Waals surface area contributed by atoms with Gasteiger partial charge in [-0.3, -0.25) is 9.59 Å². The van der Waals surface area contributed by atoms with Crippen LogP contribution in [0.1, 0.15) is 28.9 Å². The Hall–Kier alpha value is -4.82. The van der Waals surface area contributed by atoms with Gasteiger partial charge in [-0.25, -0.2) is 16.1 Å².